The first-order valence-electron chi connectivity index (χ1n) is 9.73. The van der Waals surface area contributed by atoms with Gasteiger partial charge >= 0.3 is 0 Å². The molecule has 1 N–H and O–H groups in total. The molecule has 1 aromatic heterocycles. The topological polar surface area (TPSA) is 93.1 Å². The Labute approximate surface area is 186 Å². The summed E-state index contributed by atoms with van der Waals surface area (Å²) in [6, 6.07) is 7.10. The molecule has 0 saturated carbocycles. The van der Waals surface area contributed by atoms with Gasteiger partial charge in [0.15, 0.2) is 23.1 Å². The molecule has 0 bridgehead atoms. The van der Waals surface area contributed by atoms with E-state index in [1.165, 1.54) is 12.3 Å². The Kier molecular flexibility index (Phi) is 6.91. The van der Waals surface area contributed by atoms with Crippen LogP contribution in [0.4, 0.5) is 5.69 Å². The van der Waals surface area contributed by atoms with Gasteiger partial charge in [-0.05, 0) is 24.3 Å². The molecule has 162 valence electrons. The van der Waals surface area contributed by atoms with Crippen LogP contribution < -0.4 is 14.8 Å². The summed E-state index contributed by atoms with van der Waals surface area (Å²) in [5.74, 6) is 2.12. The van der Waals surface area contributed by atoms with E-state index in [0.29, 0.717) is 48.1 Å². The number of ketones is 2. The molecule has 9 heteroatoms. The number of ether oxygens (including phenoxy) is 2. The molecular formula is C22H23ClN4O4. The van der Waals surface area contributed by atoms with Crippen LogP contribution in [0.5, 0.6) is 11.5 Å². The SMILES string of the molecule is CCC(=O)COc1ccc2c(c1OC)NC(=CC(=O)c1cccnc1)N1CCN=C21.Cl. The van der Waals surface area contributed by atoms with Gasteiger partial charge in [0.1, 0.15) is 18.3 Å². The molecule has 4 rings (SSSR count). The van der Waals surface area contributed by atoms with Crippen LogP contribution in [0.3, 0.4) is 0 Å². The molecule has 2 aliphatic rings. The number of methoxy groups -OCH3 is 1. The average Bonchev–Trinajstić information content (AvgIpc) is 3.28. The lowest BCUT2D eigenvalue weighted by Gasteiger charge is -2.32. The van der Waals surface area contributed by atoms with Gasteiger partial charge in [-0.2, -0.15) is 0 Å². The summed E-state index contributed by atoms with van der Waals surface area (Å²) in [7, 11) is 1.54. The maximum atomic E-state index is 12.7. The van der Waals surface area contributed by atoms with Crippen molar-refractivity contribution in [2.75, 3.05) is 32.1 Å². The molecule has 0 fully saturated rings. The van der Waals surface area contributed by atoms with Crippen molar-refractivity contribution in [2.45, 2.75) is 13.3 Å². The van der Waals surface area contributed by atoms with Gasteiger partial charge in [-0.25, -0.2) is 0 Å². The van der Waals surface area contributed by atoms with Crippen LogP contribution in [0.2, 0.25) is 0 Å². The summed E-state index contributed by atoms with van der Waals surface area (Å²) in [5.41, 5.74) is 2.00. The minimum absolute atomic E-state index is 0. The molecular weight excluding hydrogens is 420 g/mol. The third-order valence-corrected chi connectivity index (χ3v) is 4.95. The summed E-state index contributed by atoms with van der Waals surface area (Å²) in [5, 5.41) is 3.31. The number of benzene rings is 1. The van der Waals surface area contributed by atoms with Crippen molar-refractivity contribution in [2.24, 2.45) is 4.99 Å². The highest BCUT2D eigenvalue weighted by molar-refractivity contribution is 6.11. The Morgan fingerprint density at radius 2 is 2.13 bits per heavy atom. The number of allylic oxidation sites excluding steroid dienone is 1. The molecule has 8 nitrogen and oxygen atoms in total. The fraction of sp³-hybridized carbons (Fsp3) is 0.273. The van der Waals surface area contributed by atoms with E-state index in [1.807, 2.05) is 11.0 Å². The van der Waals surface area contributed by atoms with Crippen molar-refractivity contribution < 1.29 is 19.1 Å². The molecule has 2 aliphatic heterocycles. The Morgan fingerprint density at radius 3 is 2.84 bits per heavy atom. The van der Waals surface area contributed by atoms with E-state index in [9.17, 15) is 9.59 Å². The van der Waals surface area contributed by atoms with Gasteiger partial charge in [-0.1, -0.05) is 6.92 Å². The first-order valence-corrected chi connectivity index (χ1v) is 9.73. The van der Waals surface area contributed by atoms with Gasteiger partial charge in [0.25, 0.3) is 0 Å². The highest BCUT2D eigenvalue weighted by Crippen LogP contribution is 2.43. The molecule has 0 unspecified atom stereocenters. The van der Waals surface area contributed by atoms with Crippen molar-refractivity contribution >= 4 is 35.5 Å². The van der Waals surface area contributed by atoms with Crippen LogP contribution >= 0.6 is 12.4 Å². The Morgan fingerprint density at radius 1 is 1.29 bits per heavy atom. The summed E-state index contributed by atoms with van der Waals surface area (Å²) >= 11 is 0. The quantitative estimate of drug-likeness (QED) is 0.520. The van der Waals surface area contributed by atoms with Crippen LogP contribution in [-0.4, -0.2) is 54.1 Å². The predicted octanol–water partition coefficient (Wildman–Crippen LogP) is 3.08. The highest BCUT2D eigenvalue weighted by Gasteiger charge is 2.33. The highest BCUT2D eigenvalue weighted by atomic mass is 35.5. The number of carbonyl (C=O) groups is 2. The van der Waals surface area contributed by atoms with Crippen molar-refractivity contribution in [1.82, 2.24) is 9.88 Å². The number of hydrogen-bond acceptors (Lipinski definition) is 8. The van der Waals surface area contributed by atoms with Gasteiger partial charge in [0, 0.05) is 42.6 Å². The lowest BCUT2D eigenvalue weighted by molar-refractivity contribution is -0.120. The van der Waals surface area contributed by atoms with E-state index in [-0.39, 0.29) is 30.6 Å². The standard InChI is InChI=1S/C22H22N4O4.ClH/c1-3-15(27)13-30-18-7-6-16-20(21(18)29-2)25-19(26-10-9-24-22(16)26)11-17(28)14-5-4-8-23-12-14;/h4-8,11-12,25H,3,9-10,13H2,1-2H3;1H. The van der Waals surface area contributed by atoms with Crippen LogP contribution in [0.15, 0.2) is 53.5 Å². The third kappa shape index (κ3) is 4.39. The predicted molar refractivity (Wildman–Crippen MR) is 119 cm³/mol. The smallest absolute Gasteiger partial charge is 0.191 e. The number of fused-ring (bicyclic) bond motifs is 3. The fourth-order valence-electron chi connectivity index (χ4n) is 3.39. The van der Waals surface area contributed by atoms with Crippen molar-refractivity contribution in [3.8, 4) is 11.5 Å². The number of anilines is 1. The normalized spacial score (nSPS) is 15.2. The molecule has 31 heavy (non-hydrogen) atoms. The lowest BCUT2D eigenvalue weighted by atomic mass is 10.1. The average molecular weight is 443 g/mol. The number of halogens is 1. The Hall–Kier alpha value is -3.39. The van der Waals surface area contributed by atoms with E-state index < -0.39 is 0 Å². The van der Waals surface area contributed by atoms with Gasteiger partial charge in [0.2, 0.25) is 0 Å². The Bertz CT molecular complexity index is 1050. The minimum atomic E-state index is -0.166. The Balaban J connectivity index is 0.00000272. The summed E-state index contributed by atoms with van der Waals surface area (Å²) in [6.07, 6.45) is 5.10. The number of Topliss-reactive ketones (excluding diaryl/α,β-unsaturated/α-hetero) is 1. The van der Waals surface area contributed by atoms with Gasteiger partial charge in [0.05, 0.1) is 19.3 Å². The molecule has 0 aliphatic carbocycles. The van der Waals surface area contributed by atoms with E-state index >= 15 is 0 Å². The molecule has 0 radical (unpaired) electrons. The molecule has 3 heterocycles. The number of amidine groups is 1. The zero-order valence-corrected chi connectivity index (χ0v) is 18.1. The number of nitrogens with zero attached hydrogens (tertiary/aromatic N) is 3. The molecule has 0 spiro atoms. The van der Waals surface area contributed by atoms with Crippen molar-refractivity contribution in [3.05, 3.63) is 59.7 Å². The van der Waals surface area contributed by atoms with Crippen molar-refractivity contribution in [1.29, 1.82) is 0 Å². The lowest BCUT2D eigenvalue weighted by Crippen LogP contribution is -2.36. The van der Waals surface area contributed by atoms with Crippen LogP contribution in [0, 0.1) is 0 Å². The molecule has 2 aromatic rings. The first-order chi connectivity index (χ1) is 14.6. The maximum absolute atomic E-state index is 12.7. The van der Waals surface area contributed by atoms with E-state index in [2.05, 4.69) is 15.3 Å². The van der Waals surface area contributed by atoms with Crippen LogP contribution in [0.25, 0.3) is 0 Å². The second-order valence-corrected chi connectivity index (χ2v) is 6.82. The van der Waals surface area contributed by atoms with Crippen molar-refractivity contribution in [3.63, 3.8) is 0 Å². The summed E-state index contributed by atoms with van der Waals surface area (Å²) in [6.45, 7) is 3.06. The van der Waals surface area contributed by atoms with E-state index in [4.69, 9.17) is 9.47 Å². The number of carbonyl (C=O) groups excluding carboxylic acids is 2. The summed E-state index contributed by atoms with van der Waals surface area (Å²) in [4.78, 5) is 35.0. The number of hydrogen-bond donors (Lipinski definition) is 1. The number of rotatable bonds is 7. The molecule has 1 aromatic carbocycles. The molecule has 0 atom stereocenters. The summed E-state index contributed by atoms with van der Waals surface area (Å²) < 4.78 is 11.3. The van der Waals surface area contributed by atoms with Crippen LogP contribution in [-0.2, 0) is 4.79 Å². The second kappa shape index (κ2) is 9.61. The third-order valence-electron chi connectivity index (χ3n) is 4.95. The molecule has 0 saturated heterocycles. The molecule has 0 amide bonds. The first kappa shape index (κ1) is 22.3. The van der Waals surface area contributed by atoms with E-state index in [0.717, 1.165) is 11.4 Å². The monoisotopic (exact) mass is 442 g/mol. The maximum Gasteiger partial charge on any atom is 0.191 e. The van der Waals surface area contributed by atoms with Crippen LogP contribution in [0.1, 0.15) is 29.3 Å². The van der Waals surface area contributed by atoms with Gasteiger partial charge in [-0.15, -0.1) is 12.4 Å². The minimum Gasteiger partial charge on any atom is -0.491 e. The van der Waals surface area contributed by atoms with Gasteiger partial charge < -0.3 is 19.7 Å². The zero-order valence-electron chi connectivity index (χ0n) is 17.3. The fourth-order valence-corrected chi connectivity index (χ4v) is 3.39. The number of nitrogens with one attached hydrogen (secondary N) is 1. The number of aliphatic imine (C=N–C) groups is 1. The van der Waals surface area contributed by atoms with Gasteiger partial charge in [-0.3, -0.25) is 19.6 Å². The zero-order chi connectivity index (χ0) is 21.1. The van der Waals surface area contributed by atoms with E-state index in [1.54, 1.807) is 38.4 Å². The number of pyridine rings is 1. The largest absolute Gasteiger partial charge is 0.491 e. The second-order valence-electron chi connectivity index (χ2n) is 6.82. The number of aromatic nitrogens is 1.